The third-order valence-electron chi connectivity index (χ3n) is 2.85. The van der Waals surface area contributed by atoms with E-state index in [0.29, 0.717) is 5.92 Å². The van der Waals surface area contributed by atoms with E-state index in [-0.39, 0.29) is 0 Å². The second-order valence-corrected chi connectivity index (χ2v) is 6.54. The standard InChI is InChI=1S/C14H13F3INS/c1-8(2)12-11(7-18)20-13(19-12)9-3-5-10(6-4-9)14(15,16)17/h3-6,8H,7H2,1-2H3. The first-order valence-electron chi connectivity index (χ1n) is 6.06. The average molecular weight is 411 g/mol. The van der Waals surface area contributed by atoms with Gasteiger partial charge in [0.2, 0.25) is 0 Å². The van der Waals surface area contributed by atoms with Crippen LogP contribution in [0.1, 0.15) is 35.9 Å². The smallest absolute Gasteiger partial charge is 0.241 e. The van der Waals surface area contributed by atoms with Crippen LogP contribution in [-0.4, -0.2) is 4.98 Å². The SMILES string of the molecule is CC(C)c1nc(-c2ccc(C(F)(F)F)cc2)sc1CI. The van der Waals surface area contributed by atoms with Crippen LogP contribution in [0.25, 0.3) is 10.6 Å². The minimum atomic E-state index is -4.29. The molecule has 0 saturated heterocycles. The van der Waals surface area contributed by atoms with Crippen LogP contribution in [0.5, 0.6) is 0 Å². The van der Waals surface area contributed by atoms with Crippen LogP contribution in [0.4, 0.5) is 13.2 Å². The van der Waals surface area contributed by atoms with E-state index in [4.69, 9.17) is 0 Å². The van der Waals surface area contributed by atoms with E-state index in [1.54, 1.807) is 11.3 Å². The van der Waals surface area contributed by atoms with Gasteiger partial charge in [-0.05, 0) is 18.1 Å². The van der Waals surface area contributed by atoms with Crippen molar-refractivity contribution in [3.05, 3.63) is 40.4 Å². The zero-order chi connectivity index (χ0) is 14.9. The summed E-state index contributed by atoms with van der Waals surface area (Å²) in [4.78, 5) is 5.77. The maximum absolute atomic E-state index is 12.5. The van der Waals surface area contributed by atoms with E-state index in [1.165, 1.54) is 17.0 Å². The van der Waals surface area contributed by atoms with Gasteiger partial charge < -0.3 is 0 Å². The monoisotopic (exact) mass is 411 g/mol. The van der Waals surface area contributed by atoms with Crippen LogP contribution in [0.2, 0.25) is 0 Å². The number of rotatable bonds is 3. The highest BCUT2D eigenvalue weighted by molar-refractivity contribution is 14.1. The van der Waals surface area contributed by atoms with Gasteiger partial charge in [0.15, 0.2) is 0 Å². The van der Waals surface area contributed by atoms with Gasteiger partial charge in [-0.1, -0.05) is 48.6 Å². The topological polar surface area (TPSA) is 12.9 Å². The maximum atomic E-state index is 12.5. The maximum Gasteiger partial charge on any atom is 0.416 e. The fourth-order valence-electron chi connectivity index (χ4n) is 1.84. The molecule has 2 aromatic rings. The normalized spacial score (nSPS) is 12.2. The molecule has 1 heterocycles. The third-order valence-corrected chi connectivity index (χ3v) is 5.26. The molecule has 0 radical (unpaired) electrons. The van der Waals surface area contributed by atoms with Gasteiger partial charge in [-0.3, -0.25) is 0 Å². The second kappa shape index (κ2) is 6.01. The summed E-state index contributed by atoms with van der Waals surface area (Å²) < 4.78 is 38.5. The Hall–Kier alpha value is -0.630. The summed E-state index contributed by atoms with van der Waals surface area (Å²) in [6.07, 6.45) is -4.29. The van der Waals surface area contributed by atoms with Crippen LogP contribution in [0.15, 0.2) is 24.3 Å². The van der Waals surface area contributed by atoms with E-state index in [9.17, 15) is 13.2 Å². The van der Waals surface area contributed by atoms with Gasteiger partial charge in [0.25, 0.3) is 0 Å². The van der Waals surface area contributed by atoms with Crippen LogP contribution >= 0.6 is 33.9 Å². The highest BCUT2D eigenvalue weighted by Gasteiger charge is 2.30. The first-order valence-corrected chi connectivity index (χ1v) is 8.40. The van der Waals surface area contributed by atoms with Gasteiger partial charge in [-0.2, -0.15) is 13.2 Å². The Bertz CT molecular complexity index is 587. The van der Waals surface area contributed by atoms with Gasteiger partial charge in [0.05, 0.1) is 11.3 Å². The van der Waals surface area contributed by atoms with Crippen molar-refractivity contribution < 1.29 is 13.2 Å². The molecule has 0 amide bonds. The lowest BCUT2D eigenvalue weighted by Crippen LogP contribution is -2.03. The molecule has 0 atom stereocenters. The van der Waals surface area contributed by atoms with Gasteiger partial charge >= 0.3 is 6.18 Å². The summed E-state index contributed by atoms with van der Waals surface area (Å²) in [5.74, 6) is 0.319. The van der Waals surface area contributed by atoms with Crippen LogP contribution in [0.3, 0.4) is 0 Å². The highest BCUT2D eigenvalue weighted by atomic mass is 127. The predicted octanol–water partition coefficient (Wildman–Crippen LogP) is 5.89. The molecule has 0 N–H and O–H groups in total. The molecular formula is C14H13F3INS. The van der Waals surface area contributed by atoms with E-state index in [2.05, 4.69) is 41.4 Å². The molecule has 1 aromatic heterocycles. The molecular weight excluding hydrogens is 398 g/mol. The molecule has 0 saturated carbocycles. The van der Waals surface area contributed by atoms with Gasteiger partial charge in [-0.25, -0.2) is 4.98 Å². The Kier molecular flexibility index (Phi) is 4.73. The van der Waals surface area contributed by atoms with Crippen molar-refractivity contribution in [1.29, 1.82) is 0 Å². The number of hydrogen-bond acceptors (Lipinski definition) is 2. The van der Waals surface area contributed by atoms with E-state index >= 15 is 0 Å². The first kappa shape index (κ1) is 15.8. The Labute approximate surface area is 133 Å². The van der Waals surface area contributed by atoms with Crippen LogP contribution < -0.4 is 0 Å². The molecule has 2 rings (SSSR count). The summed E-state index contributed by atoms with van der Waals surface area (Å²) in [7, 11) is 0. The molecule has 1 nitrogen and oxygen atoms in total. The average Bonchev–Trinajstić information content (AvgIpc) is 2.82. The van der Waals surface area contributed by atoms with Crippen molar-refractivity contribution in [3.63, 3.8) is 0 Å². The van der Waals surface area contributed by atoms with Crippen molar-refractivity contribution in [1.82, 2.24) is 4.98 Å². The Morgan fingerprint density at radius 2 is 1.80 bits per heavy atom. The van der Waals surface area contributed by atoms with Gasteiger partial charge in [0.1, 0.15) is 5.01 Å². The fourth-order valence-corrected chi connectivity index (χ4v) is 3.77. The highest BCUT2D eigenvalue weighted by Crippen LogP contribution is 2.35. The number of hydrogen-bond donors (Lipinski definition) is 0. The zero-order valence-electron chi connectivity index (χ0n) is 11.0. The molecule has 0 aliphatic carbocycles. The van der Waals surface area contributed by atoms with E-state index in [1.807, 2.05) is 0 Å². The van der Waals surface area contributed by atoms with Crippen LogP contribution in [-0.2, 0) is 10.6 Å². The lowest BCUT2D eigenvalue weighted by atomic mass is 10.1. The molecule has 0 bridgehead atoms. The van der Waals surface area contributed by atoms with Crippen molar-refractivity contribution in [2.45, 2.75) is 30.4 Å². The second-order valence-electron chi connectivity index (χ2n) is 4.69. The lowest BCUT2D eigenvalue weighted by Gasteiger charge is -2.06. The molecule has 20 heavy (non-hydrogen) atoms. The predicted molar refractivity (Wildman–Crippen MR) is 84.4 cm³/mol. The lowest BCUT2D eigenvalue weighted by molar-refractivity contribution is -0.137. The van der Waals surface area contributed by atoms with E-state index in [0.717, 1.165) is 32.8 Å². The first-order chi connectivity index (χ1) is 9.32. The summed E-state index contributed by atoms with van der Waals surface area (Å²) in [6.45, 7) is 4.14. The summed E-state index contributed by atoms with van der Waals surface area (Å²) in [5.41, 5.74) is 1.15. The third kappa shape index (κ3) is 3.33. The molecule has 108 valence electrons. The number of alkyl halides is 4. The largest absolute Gasteiger partial charge is 0.416 e. The summed E-state index contributed by atoms with van der Waals surface area (Å²) in [6, 6.07) is 5.19. The molecule has 0 aliphatic rings. The van der Waals surface area contributed by atoms with E-state index < -0.39 is 11.7 Å². The van der Waals surface area contributed by atoms with Gasteiger partial charge in [0, 0.05) is 14.9 Å². The Balaban J connectivity index is 2.37. The van der Waals surface area contributed by atoms with Crippen molar-refractivity contribution >= 4 is 33.9 Å². The van der Waals surface area contributed by atoms with Gasteiger partial charge in [-0.15, -0.1) is 11.3 Å². The van der Waals surface area contributed by atoms with Crippen molar-refractivity contribution in [2.24, 2.45) is 0 Å². The molecule has 6 heteroatoms. The summed E-state index contributed by atoms with van der Waals surface area (Å²) >= 11 is 3.84. The Morgan fingerprint density at radius 1 is 1.20 bits per heavy atom. The molecule has 0 spiro atoms. The molecule has 1 aromatic carbocycles. The number of nitrogens with zero attached hydrogens (tertiary/aromatic N) is 1. The molecule has 0 unspecified atom stereocenters. The quantitative estimate of drug-likeness (QED) is 0.454. The Morgan fingerprint density at radius 3 is 2.20 bits per heavy atom. The fraction of sp³-hybridized carbons (Fsp3) is 0.357. The summed E-state index contributed by atoms with van der Waals surface area (Å²) in [5, 5.41) is 0.786. The number of aromatic nitrogens is 1. The number of benzene rings is 1. The number of thiazole rings is 1. The van der Waals surface area contributed by atoms with Crippen molar-refractivity contribution in [2.75, 3.05) is 0 Å². The molecule has 0 fully saturated rings. The zero-order valence-corrected chi connectivity index (χ0v) is 13.9. The minimum Gasteiger partial charge on any atom is -0.241 e. The minimum absolute atomic E-state index is 0.319. The number of halogens is 4. The molecule has 0 aliphatic heterocycles. The van der Waals surface area contributed by atoms with Crippen molar-refractivity contribution in [3.8, 4) is 10.6 Å². The van der Waals surface area contributed by atoms with Crippen LogP contribution in [0, 0.1) is 0 Å².